The molecule has 1 aliphatic rings. The predicted molar refractivity (Wildman–Crippen MR) is 71.0 cm³/mol. The first-order valence-corrected chi connectivity index (χ1v) is 6.11. The summed E-state index contributed by atoms with van der Waals surface area (Å²) in [4.78, 5) is 18.1. The van der Waals surface area contributed by atoms with E-state index < -0.39 is 0 Å². The molecule has 0 saturated heterocycles. The maximum absolute atomic E-state index is 11.9. The molecule has 4 rings (SSSR count). The summed E-state index contributed by atoms with van der Waals surface area (Å²) in [5.74, 6) is 0. The van der Waals surface area contributed by atoms with Gasteiger partial charge >= 0.3 is 0 Å². The summed E-state index contributed by atoms with van der Waals surface area (Å²) in [6, 6.07) is 10.3. The van der Waals surface area contributed by atoms with Gasteiger partial charge < -0.3 is 9.97 Å². The first-order valence-electron chi connectivity index (χ1n) is 6.11. The Morgan fingerprint density at radius 3 is 2.83 bits per heavy atom. The number of para-hydroxylation sites is 1. The van der Waals surface area contributed by atoms with Gasteiger partial charge in [-0.3, -0.25) is 4.79 Å². The van der Waals surface area contributed by atoms with Gasteiger partial charge in [-0.1, -0.05) is 18.2 Å². The molecule has 0 bridgehead atoms. The van der Waals surface area contributed by atoms with E-state index in [4.69, 9.17) is 0 Å². The van der Waals surface area contributed by atoms with Gasteiger partial charge in [0.1, 0.15) is 0 Å². The molecule has 3 aromatic rings. The van der Waals surface area contributed by atoms with Crippen LogP contribution in [0.4, 0.5) is 0 Å². The van der Waals surface area contributed by atoms with Crippen molar-refractivity contribution < 1.29 is 0 Å². The van der Waals surface area contributed by atoms with Crippen molar-refractivity contribution in [3.63, 3.8) is 0 Å². The zero-order valence-corrected chi connectivity index (χ0v) is 9.79. The zero-order valence-electron chi connectivity index (χ0n) is 9.79. The standard InChI is InChI=1S/C15H12N2O/c18-15-11-8-12-10-3-1-2-4-13(10)17-14(12)7-9(11)5-6-16-15/h1-6,17H,7-8H2,(H,16,18). The average Bonchev–Trinajstić information content (AvgIpc) is 2.75. The van der Waals surface area contributed by atoms with Crippen LogP contribution < -0.4 is 5.56 Å². The average molecular weight is 236 g/mol. The van der Waals surface area contributed by atoms with Crippen LogP contribution in [0.3, 0.4) is 0 Å². The lowest BCUT2D eigenvalue weighted by molar-refractivity contribution is 0.945. The molecule has 0 spiro atoms. The van der Waals surface area contributed by atoms with Crippen LogP contribution in [0.15, 0.2) is 41.3 Å². The highest BCUT2D eigenvalue weighted by atomic mass is 16.1. The van der Waals surface area contributed by atoms with Crippen molar-refractivity contribution in [1.29, 1.82) is 0 Å². The van der Waals surface area contributed by atoms with E-state index in [-0.39, 0.29) is 5.56 Å². The molecule has 3 heteroatoms. The highest BCUT2D eigenvalue weighted by molar-refractivity contribution is 5.85. The van der Waals surface area contributed by atoms with Crippen LogP contribution in [0.5, 0.6) is 0 Å². The summed E-state index contributed by atoms with van der Waals surface area (Å²) in [5, 5.41) is 1.24. The maximum Gasteiger partial charge on any atom is 0.251 e. The summed E-state index contributed by atoms with van der Waals surface area (Å²) < 4.78 is 0. The highest BCUT2D eigenvalue weighted by Crippen LogP contribution is 2.30. The molecule has 2 aromatic heterocycles. The molecular formula is C15H12N2O. The molecule has 0 fully saturated rings. The fraction of sp³-hybridized carbons (Fsp3) is 0.133. The number of benzene rings is 1. The molecule has 2 N–H and O–H groups in total. The minimum atomic E-state index is 0.0448. The Hall–Kier alpha value is -2.29. The van der Waals surface area contributed by atoms with Gasteiger partial charge in [0.25, 0.3) is 5.56 Å². The van der Waals surface area contributed by atoms with E-state index in [0.29, 0.717) is 0 Å². The molecule has 0 atom stereocenters. The number of fused-ring (bicyclic) bond motifs is 4. The predicted octanol–water partition coefficient (Wildman–Crippen LogP) is 2.35. The van der Waals surface area contributed by atoms with Crippen LogP contribution in [0.2, 0.25) is 0 Å². The molecule has 0 radical (unpaired) electrons. The van der Waals surface area contributed by atoms with Crippen LogP contribution in [0, 0.1) is 0 Å². The van der Waals surface area contributed by atoms with E-state index in [1.165, 1.54) is 16.6 Å². The number of aromatic amines is 2. The van der Waals surface area contributed by atoms with E-state index in [2.05, 4.69) is 22.1 Å². The minimum absolute atomic E-state index is 0.0448. The molecular weight excluding hydrogens is 224 g/mol. The quantitative estimate of drug-likeness (QED) is 0.484. The fourth-order valence-electron chi connectivity index (χ4n) is 2.89. The van der Waals surface area contributed by atoms with Gasteiger partial charge in [0.2, 0.25) is 0 Å². The first kappa shape index (κ1) is 9.71. The Balaban J connectivity index is 2.00. The SMILES string of the molecule is O=c1[nH]ccc2c1Cc1c([nH]c3ccccc13)C2. The summed E-state index contributed by atoms with van der Waals surface area (Å²) in [6.45, 7) is 0. The number of aromatic nitrogens is 2. The molecule has 3 nitrogen and oxygen atoms in total. The Morgan fingerprint density at radius 1 is 1.00 bits per heavy atom. The lowest BCUT2D eigenvalue weighted by atomic mass is 9.90. The number of rotatable bonds is 0. The van der Waals surface area contributed by atoms with Gasteiger partial charge in [-0.05, 0) is 23.3 Å². The molecule has 1 aliphatic carbocycles. The number of hydrogen-bond acceptors (Lipinski definition) is 1. The van der Waals surface area contributed by atoms with Crippen molar-refractivity contribution in [3.8, 4) is 0 Å². The van der Waals surface area contributed by atoms with Crippen molar-refractivity contribution >= 4 is 10.9 Å². The Morgan fingerprint density at radius 2 is 1.89 bits per heavy atom. The topological polar surface area (TPSA) is 48.6 Å². The largest absolute Gasteiger partial charge is 0.358 e. The molecule has 0 aliphatic heterocycles. The van der Waals surface area contributed by atoms with E-state index >= 15 is 0 Å². The summed E-state index contributed by atoms with van der Waals surface area (Å²) in [5.41, 5.74) is 5.77. The number of H-pyrrole nitrogens is 2. The lowest BCUT2D eigenvalue weighted by Crippen LogP contribution is -2.19. The van der Waals surface area contributed by atoms with Crippen LogP contribution in [-0.2, 0) is 12.8 Å². The molecule has 88 valence electrons. The maximum atomic E-state index is 11.9. The third-order valence-electron chi connectivity index (χ3n) is 3.78. The van der Waals surface area contributed by atoms with Crippen LogP contribution >= 0.6 is 0 Å². The van der Waals surface area contributed by atoms with Crippen molar-refractivity contribution in [3.05, 3.63) is 69.3 Å². The highest BCUT2D eigenvalue weighted by Gasteiger charge is 2.21. The third kappa shape index (κ3) is 1.21. The van der Waals surface area contributed by atoms with Crippen LogP contribution in [-0.4, -0.2) is 9.97 Å². The van der Waals surface area contributed by atoms with E-state index in [1.807, 2.05) is 18.2 Å². The fourth-order valence-corrected chi connectivity index (χ4v) is 2.89. The Labute approximate surface area is 103 Å². The molecule has 2 heterocycles. The lowest BCUT2D eigenvalue weighted by Gasteiger charge is -2.15. The smallest absolute Gasteiger partial charge is 0.251 e. The Bertz CT molecular complexity index is 811. The van der Waals surface area contributed by atoms with E-state index in [9.17, 15) is 4.79 Å². The Kier molecular flexibility index (Phi) is 1.81. The third-order valence-corrected chi connectivity index (χ3v) is 3.78. The summed E-state index contributed by atoms with van der Waals surface area (Å²) in [7, 11) is 0. The zero-order chi connectivity index (χ0) is 12.1. The molecule has 0 amide bonds. The number of nitrogens with one attached hydrogen (secondary N) is 2. The number of pyridine rings is 1. The van der Waals surface area contributed by atoms with E-state index in [0.717, 1.165) is 29.5 Å². The van der Waals surface area contributed by atoms with Crippen LogP contribution in [0.1, 0.15) is 22.4 Å². The van der Waals surface area contributed by atoms with E-state index in [1.54, 1.807) is 6.20 Å². The molecule has 1 aromatic carbocycles. The van der Waals surface area contributed by atoms with Gasteiger partial charge in [0.15, 0.2) is 0 Å². The second kappa shape index (κ2) is 3.35. The first-order chi connectivity index (χ1) is 8.83. The van der Waals surface area contributed by atoms with Crippen LogP contribution in [0.25, 0.3) is 10.9 Å². The van der Waals surface area contributed by atoms with Gasteiger partial charge in [-0.15, -0.1) is 0 Å². The van der Waals surface area contributed by atoms with Crippen molar-refractivity contribution in [2.24, 2.45) is 0 Å². The normalized spacial score (nSPS) is 13.3. The number of hydrogen-bond donors (Lipinski definition) is 2. The minimum Gasteiger partial charge on any atom is -0.358 e. The molecule has 0 saturated carbocycles. The summed E-state index contributed by atoms with van der Waals surface area (Å²) >= 11 is 0. The molecule has 0 unspecified atom stereocenters. The van der Waals surface area contributed by atoms with Crippen molar-refractivity contribution in [1.82, 2.24) is 9.97 Å². The van der Waals surface area contributed by atoms with Crippen molar-refractivity contribution in [2.45, 2.75) is 12.8 Å². The van der Waals surface area contributed by atoms with Gasteiger partial charge in [-0.2, -0.15) is 0 Å². The second-order valence-corrected chi connectivity index (χ2v) is 4.79. The second-order valence-electron chi connectivity index (χ2n) is 4.79. The molecule has 18 heavy (non-hydrogen) atoms. The van der Waals surface area contributed by atoms with Gasteiger partial charge in [0.05, 0.1) is 0 Å². The monoisotopic (exact) mass is 236 g/mol. The van der Waals surface area contributed by atoms with Crippen molar-refractivity contribution in [2.75, 3.05) is 0 Å². The van der Waals surface area contributed by atoms with Gasteiger partial charge in [-0.25, -0.2) is 0 Å². The summed E-state index contributed by atoms with van der Waals surface area (Å²) in [6.07, 6.45) is 3.28. The van der Waals surface area contributed by atoms with Gasteiger partial charge in [0, 0.05) is 41.2 Å².